The topological polar surface area (TPSA) is 105 Å². The summed E-state index contributed by atoms with van der Waals surface area (Å²) in [5.41, 5.74) is 0. The number of aliphatic hydroxyl groups excluding tert-OH is 1. The summed E-state index contributed by atoms with van der Waals surface area (Å²) in [4.78, 5) is 23.4. The van der Waals surface area contributed by atoms with Gasteiger partial charge in [-0.05, 0) is 70.6 Å². The molecule has 0 saturated carbocycles. The van der Waals surface area contributed by atoms with Gasteiger partial charge in [0.1, 0.15) is 13.2 Å². The molecule has 0 aliphatic carbocycles. The highest BCUT2D eigenvalue weighted by molar-refractivity contribution is 7.47. The lowest BCUT2D eigenvalue weighted by atomic mass is 10.0. The summed E-state index contributed by atoms with van der Waals surface area (Å²) in [6.45, 7) is 4.82. The van der Waals surface area contributed by atoms with Gasteiger partial charge in [0, 0.05) is 6.42 Å². The van der Waals surface area contributed by atoms with Gasteiger partial charge < -0.3 is 19.8 Å². The third-order valence-corrected chi connectivity index (χ3v) is 16.2. The minimum absolute atomic E-state index is 0.0547. The smallest absolute Gasteiger partial charge is 0.387 e. The van der Waals surface area contributed by atoms with E-state index < -0.39 is 20.0 Å². The molecule has 0 saturated heterocycles. The van der Waals surface area contributed by atoms with Crippen molar-refractivity contribution >= 4 is 13.7 Å². The van der Waals surface area contributed by atoms with E-state index in [9.17, 15) is 19.4 Å². The SMILES string of the molecule is CCCCCCC/C=C\C/C=C\C/C=C\CCCCCCCCCCCCCCC(=O)NC(COP(=O)(O)OCC[N+](C)(C)C)C(O)/C=C/CC/C=C/CCCCCCCCCCCCCCCCCCCCCCCCC. The predicted octanol–water partition coefficient (Wildman–Crippen LogP) is 21.2. The van der Waals surface area contributed by atoms with Crippen LogP contribution in [-0.2, 0) is 18.4 Å². The second kappa shape index (κ2) is 59.8. The highest BCUT2D eigenvalue weighted by Crippen LogP contribution is 2.43. The lowest BCUT2D eigenvalue weighted by Crippen LogP contribution is -2.45. The minimum Gasteiger partial charge on any atom is -0.387 e. The largest absolute Gasteiger partial charge is 0.472 e. The molecule has 0 rings (SSSR count). The van der Waals surface area contributed by atoms with Gasteiger partial charge in [-0.25, -0.2) is 4.57 Å². The molecule has 0 aliphatic rings. The highest BCUT2D eigenvalue weighted by atomic mass is 31.2. The first kappa shape index (κ1) is 76.2. The number of phosphoric acid groups is 1. The van der Waals surface area contributed by atoms with Crippen LogP contribution in [0.5, 0.6) is 0 Å². The fourth-order valence-electron chi connectivity index (χ4n) is 9.95. The number of phosphoric ester groups is 1. The Balaban J connectivity index is 4.15. The first-order valence-corrected chi connectivity index (χ1v) is 35.2. The molecule has 0 heterocycles. The van der Waals surface area contributed by atoms with Gasteiger partial charge in [0.25, 0.3) is 0 Å². The molecule has 0 aliphatic heterocycles. The fraction of sp³-hybridized carbons (Fsp3) is 0.841. The number of carbonyl (C=O) groups is 1. The molecule has 78 heavy (non-hydrogen) atoms. The van der Waals surface area contributed by atoms with Crippen LogP contribution in [0.1, 0.15) is 322 Å². The molecule has 0 bridgehead atoms. The first-order valence-electron chi connectivity index (χ1n) is 33.7. The molecule has 458 valence electrons. The number of aliphatic hydroxyl groups is 1. The van der Waals surface area contributed by atoms with Crippen molar-refractivity contribution in [3.8, 4) is 0 Å². The number of rotatable bonds is 62. The van der Waals surface area contributed by atoms with E-state index >= 15 is 0 Å². The van der Waals surface area contributed by atoms with E-state index in [2.05, 4.69) is 67.8 Å². The van der Waals surface area contributed by atoms with Crippen LogP contribution in [0.2, 0.25) is 0 Å². The molecule has 3 unspecified atom stereocenters. The summed E-state index contributed by atoms with van der Waals surface area (Å²) in [6.07, 6.45) is 82.2. The fourth-order valence-corrected chi connectivity index (χ4v) is 10.7. The van der Waals surface area contributed by atoms with Gasteiger partial charge in [-0.3, -0.25) is 13.8 Å². The van der Waals surface area contributed by atoms with Crippen LogP contribution in [0.15, 0.2) is 60.8 Å². The molecule has 3 N–H and O–H groups in total. The second-order valence-corrected chi connectivity index (χ2v) is 25.6. The van der Waals surface area contributed by atoms with Gasteiger partial charge >= 0.3 is 7.82 Å². The first-order chi connectivity index (χ1) is 38.0. The lowest BCUT2D eigenvalue weighted by molar-refractivity contribution is -0.870. The molecule has 0 fully saturated rings. The third-order valence-electron chi connectivity index (χ3n) is 15.2. The van der Waals surface area contributed by atoms with E-state index in [1.807, 2.05) is 27.2 Å². The molecule has 9 heteroatoms. The van der Waals surface area contributed by atoms with Crippen LogP contribution in [0.25, 0.3) is 0 Å². The number of amides is 1. The Morgan fingerprint density at radius 3 is 1.12 bits per heavy atom. The van der Waals surface area contributed by atoms with Crippen molar-refractivity contribution in [2.75, 3.05) is 40.9 Å². The summed E-state index contributed by atoms with van der Waals surface area (Å²) in [5, 5.41) is 14.0. The molecule has 0 aromatic carbocycles. The van der Waals surface area contributed by atoms with Gasteiger partial charge in [-0.2, -0.15) is 0 Å². The van der Waals surface area contributed by atoms with Crippen molar-refractivity contribution in [2.24, 2.45) is 0 Å². The Hall–Kier alpha value is -1.80. The Bertz CT molecular complexity index is 1450. The lowest BCUT2D eigenvalue weighted by Gasteiger charge is -2.25. The predicted molar refractivity (Wildman–Crippen MR) is 341 cm³/mol. The summed E-state index contributed by atoms with van der Waals surface area (Å²) < 4.78 is 23.8. The quantitative estimate of drug-likeness (QED) is 0.0243. The number of quaternary nitrogens is 1. The Morgan fingerprint density at radius 2 is 0.744 bits per heavy atom. The Kier molecular flexibility index (Phi) is 58.4. The average molecular weight is 1120 g/mol. The monoisotopic (exact) mass is 1120 g/mol. The van der Waals surface area contributed by atoms with E-state index in [-0.39, 0.29) is 19.1 Å². The number of nitrogens with zero attached hydrogens (tertiary/aromatic N) is 1. The third kappa shape index (κ3) is 61.8. The van der Waals surface area contributed by atoms with E-state index in [0.29, 0.717) is 17.4 Å². The molecule has 0 spiro atoms. The van der Waals surface area contributed by atoms with Crippen molar-refractivity contribution < 1.29 is 32.9 Å². The Labute approximate surface area is 485 Å². The van der Waals surface area contributed by atoms with E-state index in [4.69, 9.17) is 9.05 Å². The van der Waals surface area contributed by atoms with Crippen molar-refractivity contribution in [1.29, 1.82) is 0 Å². The average Bonchev–Trinajstić information content (AvgIpc) is 3.41. The highest BCUT2D eigenvalue weighted by Gasteiger charge is 2.28. The number of unbranched alkanes of at least 4 members (excludes halogenated alkanes) is 41. The molecular formula is C69H132N2O6P+. The van der Waals surface area contributed by atoms with Crippen molar-refractivity contribution in [3.05, 3.63) is 60.8 Å². The summed E-state index contributed by atoms with van der Waals surface area (Å²) in [7, 11) is 1.56. The summed E-state index contributed by atoms with van der Waals surface area (Å²) in [5.74, 6) is -0.186. The summed E-state index contributed by atoms with van der Waals surface area (Å²) >= 11 is 0. The minimum atomic E-state index is -4.36. The molecule has 0 aromatic rings. The van der Waals surface area contributed by atoms with Gasteiger partial charge in [0.15, 0.2) is 0 Å². The second-order valence-electron chi connectivity index (χ2n) is 24.2. The number of hydrogen-bond acceptors (Lipinski definition) is 5. The number of likely N-dealkylation sites (N-methyl/N-ethyl adjacent to an activating group) is 1. The van der Waals surface area contributed by atoms with Crippen LogP contribution in [0.3, 0.4) is 0 Å². The van der Waals surface area contributed by atoms with Crippen molar-refractivity contribution in [3.63, 3.8) is 0 Å². The normalized spacial score (nSPS) is 14.1. The summed E-state index contributed by atoms with van der Waals surface area (Å²) in [6, 6.07) is -0.868. The number of hydrogen-bond donors (Lipinski definition) is 3. The maximum atomic E-state index is 13.0. The maximum absolute atomic E-state index is 13.0. The maximum Gasteiger partial charge on any atom is 0.472 e. The van der Waals surface area contributed by atoms with Crippen molar-refractivity contribution in [1.82, 2.24) is 5.32 Å². The van der Waals surface area contributed by atoms with Gasteiger partial charge in [-0.1, -0.05) is 306 Å². The zero-order valence-electron chi connectivity index (χ0n) is 52.4. The van der Waals surface area contributed by atoms with E-state index in [0.717, 1.165) is 51.4 Å². The Morgan fingerprint density at radius 1 is 0.436 bits per heavy atom. The molecule has 8 nitrogen and oxygen atoms in total. The molecule has 0 aromatic heterocycles. The standard InChI is InChI=1S/C69H131N2O6P/c1-6-8-10-12-14-16-18-20-22-24-26-28-30-32-34-35-37-38-40-42-44-46-48-50-52-54-56-58-60-62-68(72)67(66-77-78(74,75)76-65-64-71(3,4)5)70-69(73)63-61-59-57-55-53-51-49-47-45-43-41-39-36-33-31-29-27-25-23-21-19-17-15-13-11-9-7-2/h19,21,25,27,31,33,52,54,60,62,67-68,72H,6-18,20,22-24,26,28-30,32,34-51,53,55-59,61,63-66H2,1-5H3,(H-,70,73,74,75)/p+1/b21-19-,27-25-,33-31-,54-52+,62-60+. The van der Waals surface area contributed by atoms with Crippen LogP contribution >= 0.6 is 7.82 Å². The van der Waals surface area contributed by atoms with Gasteiger partial charge in [-0.15, -0.1) is 0 Å². The molecule has 0 radical (unpaired) electrons. The van der Waals surface area contributed by atoms with Gasteiger partial charge in [0.2, 0.25) is 5.91 Å². The zero-order valence-corrected chi connectivity index (χ0v) is 53.3. The zero-order chi connectivity index (χ0) is 57.0. The van der Waals surface area contributed by atoms with E-state index in [1.165, 1.54) is 250 Å². The number of nitrogens with one attached hydrogen (secondary N) is 1. The molecular weight excluding hydrogens is 984 g/mol. The van der Waals surface area contributed by atoms with E-state index in [1.54, 1.807) is 6.08 Å². The van der Waals surface area contributed by atoms with Crippen molar-refractivity contribution in [2.45, 2.75) is 334 Å². The van der Waals surface area contributed by atoms with Crippen LogP contribution < -0.4 is 5.32 Å². The number of allylic oxidation sites excluding steroid dienone is 9. The molecule has 1 amide bonds. The van der Waals surface area contributed by atoms with Crippen LogP contribution in [0, 0.1) is 0 Å². The van der Waals surface area contributed by atoms with Gasteiger partial charge in [0.05, 0.1) is 39.9 Å². The molecule has 3 atom stereocenters. The van der Waals surface area contributed by atoms with Crippen LogP contribution in [0.4, 0.5) is 0 Å². The number of carbonyl (C=O) groups excluding carboxylic acids is 1. The van der Waals surface area contributed by atoms with Crippen LogP contribution in [-0.4, -0.2) is 73.4 Å².